The summed E-state index contributed by atoms with van der Waals surface area (Å²) >= 11 is 3.51. The quantitative estimate of drug-likeness (QED) is 0.714. The molecule has 1 aromatic carbocycles. The van der Waals surface area contributed by atoms with Crippen molar-refractivity contribution in [2.45, 2.75) is 20.3 Å². The first-order chi connectivity index (χ1) is 6.22. The fourth-order valence-corrected chi connectivity index (χ4v) is 2.19. The van der Waals surface area contributed by atoms with Crippen molar-refractivity contribution in [3.05, 3.63) is 35.5 Å². The van der Waals surface area contributed by atoms with E-state index in [9.17, 15) is 0 Å². The highest BCUT2D eigenvalue weighted by Gasteiger charge is 2.04. The molecule has 2 rings (SSSR count). The van der Waals surface area contributed by atoms with E-state index in [4.69, 9.17) is 0 Å². The molecule has 13 heavy (non-hydrogen) atoms. The van der Waals surface area contributed by atoms with Crippen LogP contribution in [0.2, 0.25) is 0 Å². The Morgan fingerprint density at radius 1 is 1.38 bits per heavy atom. The summed E-state index contributed by atoms with van der Waals surface area (Å²) in [4.78, 5) is 0. The van der Waals surface area contributed by atoms with Crippen LogP contribution < -0.4 is 0 Å². The summed E-state index contributed by atoms with van der Waals surface area (Å²) < 4.78 is 2.02. The van der Waals surface area contributed by atoms with E-state index in [1.165, 1.54) is 22.0 Å². The second-order valence-corrected chi connectivity index (χ2v) is 4.10. The molecule has 0 aliphatic carbocycles. The number of hydrogen-bond donors (Lipinski definition) is 0. The lowest BCUT2D eigenvalue weighted by molar-refractivity contribution is 1.15. The van der Waals surface area contributed by atoms with Gasteiger partial charge in [-0.15, -0.1) is 0 Å². The molecular formula is C11H12BrN. The van der Waals surface area contributed by atoms with Gasteiger partial charge >= 0.3 is 0 Å². The maximum absolute atomic E-state index is 3.51. The Labute approximate surface area is 86.7 Å². The van der Waals surface area contributed by atoms with Crippen LogP contribution in [0.4, 0.5) is 0 Å². The van der Waals surface area contributed by atoms with Crippen LogP contribution in [-0.4, -0.2) is 3.59 Å². The summed E-state index contributed by atoms with van der Waals surface area (Å²) in [5, 5.41) is 1.35. The number of halogens is 1. The number of benzene rings is 1. The fourth-order valence-electron chi connectivity index (χ4n) is 1.65. The Balaban J connectivity index is 2.80. The van der Waals surface area contributed by atoms with Crippen LogP contribution >= 0.6 is 16.1 Å². The molecule has 0 radical (unpaired) electrons. The minimum absolute atomic E-state index is 1.08. The van der Waals surface area contributed by atoms with Crippen molar-refractivity contribution in [2.24, 2.45) is 0 Å². The van der Waals surface area contributed by atoms with E-state index in [-0.39, 0.29) is 0 Å². The van der Waals surface area contributed by atoms with Gasteiger partial charge in [0.1, 0.15) is 0 Å². The predicted octanol–water partition coefficient (Wildman–Crippen LogP) is 3.67. The Morgan fingerprint density at radius 2 is 2.15 bits per heavy atom. The van der Waals surface area contributed by atoms with Crippen molar-refractivity contribution < 1.29 is 0 Å². The SMILES string of the molecule is CCc1cn(Br)c2cc(C)ccc12. The van der Waals surface area contributed by atoms with Gasteiger partial charge in [0.25, 0.3) is 0 Å². The van der Waals surface area contributed by atoms with Crippen molar-refractivity contribution in [1.29, 1.82) is 0 Å². The minimum atomic E-state index is 1.08. The number of rotatable bonds is 1. The van der Waals surface area contributed by atoms with Gasteiger partial charge < -0.3 is 0 Å². The second kappa shape index (κ2) is 3.18. The largest absolute Gasteiger partial charge is 0.283 e. The Hall–Kier alpha value is -0.760. The van der Waals surface area contributed by atoms with Gasteiger partial charge in [0.05, 0.1) is 21.7 Å². The third-order valence-corrected chi connectivity index (χ3v) is 2.97. The van der Waals surface area contributed by atoms with E-state index in [1.54, 1.807) is 0 Å². The highest BCUT2D eigenvalue weighted by Crippen LogP contribution is 2.24. The fraction of sp³-hybridized carbons (Fsp3) is 0.273. The molecule has 0 aliphatic rings. The van der Waals surface area contributed by atoms with Gasteiger partial charge in [-0.05, 0) is 30.5 Å². The summed E-state index contributed by atoms with van der Waals surface area (Å²) in [6.45, 7) is 4.30. The third kappa shape index (κ3) is 1.39. The molecule has 0 bridgehead atoms. The first-order valence-corrected chi connectivity index (χ1v) is 5.20. The molecule has 0 N–H and O–H groups in total. The minimum Gasteiger partial charge on any atom is -0.283 e. The summed E-state index contributed by atoms with van der Waals surface area (Å²) in [6, 6.07) is 6.55. The van der Waals surface area contributed by atoms with Gasteiger partial charge in [0.15, 0.2) is 0 Å². The smallest absolute Gasteiger partial charge is 0.0596 e. The van der Waals surface area contributed by atoms with E-state index in [2.05, 4.69) is 54.4 Å². The molecule has 0 aliphatic heterocycles. The van der Waals surface area contributed by atoms with Crippen LogP contribution in [-0.2, 0) is 6.42 Å². The Bertz CT molecular complexity index is 443. The predicted molar refractivity (Wildman–Crippen MR) is 60.4 cm³/mol. The highest BCUT2D eigenvalue weighted by molar-refractivity contribution is 9.08. The van der Waals surface area contributed by atoms with E-state index < -0.39 is 0 Å². The van der Waals surface area contributed by atoms with Crippen molar-refractivity contribution >= 4 is 27.1 Å². The second-order valence-electron chi connectivity index (χ2n) is 3.34. The molecule has 2 heteroatoms. The first kappa shape index (κ1) is 8.82. The average molecular weight is 238 g/mol. The molecule has 0 unspecified atom stereocenters. The van der Waals surface area contributed by atoms with E-state index in [0.717, 1.165) is 6.42 Å². The van der Waals surface area contributed by atoms with Gasteiger partial charge in [-0.1, -0.05) is 19.1 Å². The van der Waals surface area contributed by atoms with Gasteiger partial charge in [-0.3, -0.25) is 3.59 Å². The van der Waals surface area contributed by atoms with E-state index in [1.807, 2.05) is 3.59 Å². The number of nitrogens with zero attached hydrogens (tertiary/aromatic N) is 1. The summed E-state index contributed by atoms with van der Waals surface area (Å²) in [5.41, 5.74) is 3.96. The maximum atomic E-state index is 3.51. The molecule has 1 aromatic heterocycles. The van der Waals surface area contributed by atoms with Gasteiger partial charge in [-0.25, -0.2) is 0 Å². The molecule has 0 fully saturated rings. The van der Waals surface area contributed by atoms with Crippen molar-refractivity contribution in [1.82, 2.24) is 3.59 Å². The molecule has 0 spiro atoms. The summed E-state index contributed by atoms with van der Waals surface area (Å²) in [6.07, 6.45) is 3.22. The van der Waals surface area contributed by atoms with Gasteiger partial charge in [-0.2, -0.15) is 0 Å². The van der Waals surface area contributed by atoms with Crippen LogP contribution in [0.15, 0.2) is 24.4 Å². The molecule has 2 aromatic rings. The normalized spacial score (nSPS) is 11.0. The lowest BCUT2D eigenvalue weighted by atomic mass is 10.1. The van der Waals surface area contributed by atoms with Gasteiger partial charge in [0.2, 0.25) is 0 Å². The molecule has 0 amide bonds. The lowest BCUT2D eigenvalue weighted by Gasteiger charge is -1.96. The van der Waals surface area contributed by atoms with Crippen molar-refractivity contribution in [3.8, 4) is 0 Å². The summed E-state index contributed by atoms with van der Waals surface area (Å²) in [7, 11) is 0. The van der Waals surface area contributed by atoms with Gasteiger partial charge in [0, 0.05) is 11.6 Å². The highest BCUT2D eigenvalue weighted by atomic mass is 79.9. The molecule has 1 nitrogen and oxygen atoms in total. The number of fused-ring (bicyclic) bond motifs is 1. The van der Waals surface area contributed by atoms with Crippen molar-refractivity contribution in [3.63, 3.8) is 0 Å². The van der Waals surface area contributed by atoms with Crippen LogP contribution in [0.25, 0.3) is 10.9 Å². The van der Waals surface area contributed by atoms with E-state index in [0.29, 0.717) is 0 Å². The molecule has 0 saturated carbocycles. The molecule has 68 valence electrons. The van der Waals surface area contributed by atoms with Crippen LogP contribution in [0.5, 0.6) is 0 Å². The Morgan fingerprint density at radius 3 is 2.85 bits per heavy atom. The zero-order chi connectivity index (χ0) is 9.42. The standard InChI is InChI=1S/C11H12BrN/c1-3-9-7-13(12)11-6-8(2)4-5-10(9)11/h4-7H,3H2,1-2H3. The number of hydrogen-bond acceptors (Lipinski definition) is 0. The average Bonchev–Trinajstić information content (AvgIpc) is 2.43. The topological polar surface area (TPSA) is 4.93 Å². The number of aromatic nitrogens is 1. The third-order valence-electron chi connectivity index (χ3n) is 2.38. The monoisotopic (exact) mass is 237 g/mol. The lowest BCUT2D eigenvalue weighted by Crippen LogP contribution is -1.77. The Kier molecular flexibility index (Phi) is 2.16. The van der Waals surface area contributed by atoms with Crippen LogP contribution in [0.3, 0.4) is 0 Å². The van der Waals surface area contributed by atoms with E-state index >= 15 is 0 Å². The van der Waals surface area contributed by atoms with Crippen molar-refractivity contribution in [2.75, 3.05) is 0 Å². The molecule has 1 heterocycles. The molecule has 0 atom stereocenters. The zero-order valence-corrected chi connectivity index (χ0v) is 9.43. The molecule has 0 saturated heterocycles. The number of aryl methyl sites for hydroxylation is 2. The molecular weight excluding hydrogens is 226 g/mol. The van der Waals surface area contributed by atoms with Crippen LogP contribution in [0.1, 0.15) is 18.1 Å². The zero-order valence-electron chi connectivity index (χ0n) is 7.84. The maximum Gasteiger partial charge on any atom is 0.0596 e. The van der Waals surface area contributed by atoms with Crippen LogP contribution in [0, 0.1) is 6.92 Å². The first-order valence-electron chi connectivity index (χ1n) is 4.49. The summed E-state index contributed by atoms with van der Waals surface area (Å²) in [5.74, 6) is 0.